The molecule has 0 aromatic carbocycles. The van der Waals surface area contributed by atoms with Crippen LogP contribution in [0.25, 0.3) is 0 Å². The molecule has 0 unspecified atom stereocenters. The molecule has 0 aliphatic rings. The predicted octanol–water partition coefficient (Wildman–Crippen LogP) is -0.853. The Morgan fingerprint density at radius 1 is 1.41 bits per heavy atom. The van der Waals surface area contributed by atoms with Crippen LogP contribution in [0.4, 0.5) is 0 Å². The van der Waals surface area contributed by atoms with E-state index < -0.39 is 15.9 Å². The molecule has 0 aliphatic carbocycles. The summed E-state index contributed by atoms with van der Waals surface area (Å²) in [7, 11) is -3.48. The number of primary sulfonamides is 1. The Morgan fingerprint density at radius 3 is 2.65 bits per heavy atom. The Bertz CT molecular complexity index is 480. The van der Waals surface area contributed by atoms with Crippen molar-refractivity contribution in [2.24, 2.45) is 10.9 Å². The van der Waals surface area contributed by atoms with Gasteiger partial charge >= 0.3 is 0 Å². The second-order valence-electron chi connectivity index (χ2n) is 3.45. The zero-order valence-electron chi connectivity index (χ0n) is 9.18. The van der Waals surface area contributed by atoms with Gasteiger partial charge in [-0.15, -0.1) is 0 Å². The molecule has 0 aliphatic heterocycles. The number of furan rings is 1. The van der Waals surface area contributed by atoms with Gasteiger partial charge in [0.1, 0.15) is 5.76 Å². The van der Waals surface area contributed by atoms with Crippen molar-refractivity contribution in [1.29, 1.82) is 0 Å². The van der Waals surface area contributed by atoms with Crippen LogP contribution in [0.3, 0.4) is 0 Å². The zero-order chi connectivity index (χ0) is 12.9. The van der Waals surface area contributed by atoms with Gasteiger partial charge < -0.3 is 15.5 Å². The van der Waals surface area contributed by atoms with Gasteiger partial charge in [-0.1, -0.05) is 0 Å². The lowest BCUT2D eigenvalue weighted by Crippen LogP contribution is -2.27. The maximum Gasteiger partial charge on any atom is 0.286 e. The highest BCUT2D eigenvalue weighted by Crippen LogP contribution is 2.06. The normalized spacial score (nSPS) is 11.4. The topological polar surface area (TPSA) is 128 Å². The fourth-order valence-electron chi connectivity index (χ4n) is 1.17. The maximum atomic E-state index is 11.5. The third kappa shape index (κ3) is 4.98. The van der Waals surface area contributed by atoms with Crippen LogP contribution in [0.2, 0.25) is 0 Å². The molecule has 7 nitrogen and oxygen atoms in total. The first-order valence-corrected chi connectivity index (χ1v) is 6.71. The molecular formula is C9H15N3O4S. The minimum Gasteiger partial charge on any atom is -0.455 e. The first-order valence-electron chi connectivity index (χ1n) is 5.00. The van der Waals surface area contributed by atoms with Gasteiger partial charge in [0.2, 0.25) is 10.0 Å². The average Bonchev–Trinajstić information content (AvgIpc) is 2.71. The third-order valence-electron chi connectivity index (χ3n) is 1.98. The van der Waals surface area contributed by atoms with Gasteiger partial charge in [0.25, 0.3) is 5.91 Å². The molecule has 1 aromatic rings. The summed E-state index contributed by atoms with van der Waals surface area (Å²) >= 11 is 0. The molecule has 0 radical (unpaired) electrons. The second kappa shape index (κ2) is 5.80. The van der Waals surface area contributed by atoms with E-state index in [1.54, 1.807) is 6.07 Å². The molecule has 1 aromatic heterocycles. The van der Waals surface area contributed by atoms with Gasteiger partial charge in [-0.05, 0) is 18.6 Å². The number of nitrogens with two attached hydrogens (primary N) is 2. The van der Waals surface area contributed by atoms with E-state index in [2.05, 4.69) is 5.32 Å². The summed E-state index contributed by atoms with van der Waals surface area (Å²) in [5.41, 5.74) is 5.33. The van der Waals surface area contributed by atoms with E-state index in [0.29, 0.717) is 5.76 Å². The van der Waals surface area contributed by atoms with E-state index in [0.717, 1.165) is 0 Å². The molecule has 0 atom stereocenters. The third-order valence-corrected chi connectivity index (χ3v) is 2.84. The van der Waals surface area contributed by atoms with Crippen molar-refractivity contribution in [3.8, 4) is 0 Å². The lowest BCUT2D eigenvalue weighted by molar-refractivity contribution is 0.0924. The van der Waals surface area contributed by atoms with E-state index in [9.17, 15) is 13.2 Å². The predicted molar refractivity (Wildman–Crippen MR) is 61.5 cm³/mol. The van der Waals surface area contributed by atoms with E-state index in [-0.39, 0.29) is 31.0 Å². The van der Waals surface area contributed by atoms with Crippen molar-refractivity contribution in [3.63, 3.8) is 0 Å². The molecule has 1 rings (SSSR count). The van der Waals surface area contributed by atoms with Gasteiger partial charge in [0.05, 0.1) is 12.3 Å². The molecule has 17 heavy (non-hydrogen) atoms. The number of nitrogens with one attached hydrogen (secondary N) is 1. The van der Waals surface area contributed by atoms with Crippen molar-refractivity contribution < 1.29 is 17.6 Å². The van der Waals surface area contributed by atoms with Crippen molar-refractivity contribution in [3.05, 3.63) is 23.7 Å². The summed E-state index contributed by atoms with van der Waals surface area (Å²) in [6, 6.07) is 3.12. The summed E-state index contributed by atoms with van der Waals surface area (Å²) in [5, 5.41) is 7.33. The highest BCUT2D eigenvalue weighted by Gasteiger charge is 2.10. The fourth-order valence-corrected chi connectivity index (χ4v) is 1.72. The van der Waals surface area contributed by atoms with Gasteiger partial charge in [-0.2, -0.15) is 0 Å². The van der Waals surface area contributed by atoms with Crippen LogP contribution in [0.5, 0.6) is 0 Å². The van der Waals surface area contributed by atoms with Crippen molar-refractivity contribution in [2.45, 2.75) is 13.0 Å². The monoisotopic (exact) mass is 261 g/mol. The number of carbonyl (C=O) groups excluding carboxylic acids is 1. The van der Waals surface area contributed by atoms with Crippen molar-refractivity contribution in [2.75, 3.05) is 12.3 Å². The number of hydrogen-bond donors (Lipinski definition) is 3. The zero-order valence-corrected chi connectivity index (χ0v) is 10.00. The Kier molecular flexibility index (Phi) is 4.67. The van der Waals surface area contributed by atoms with E-state index >= 15 is 0 Å². The summed E-state index contributed by atoms with van der Waals surface area (Å²) < 4.78 is 26.4. The maximum absolute atomic E-state index is 11.5. The van der Waals surface area contributed by atoms with Gasteiger partial charge in [0, 0.05) is 6.54 Å². The average molecular weight is 261 g/mol. The summed E-state index contributed by atoms with van der Waals surface area (Å²) in [4.78, 5) is 11.5. The number of amides is 1. The van der Waals surface area contributed by atoms with Gasteiger partial charge in [-0.25, -0.2) is 13.6 Å². The molecule has 0 saturated carbocycles. The molecule has 1 heterocycles. The van der Waals surface area contributed by atoms with Crippen LogP contribution in [-0.4, -0.2) is 26.6 Å². The fraction of sp³-hybridized carbons (Fsp3) is 0.444. The molecule has 1 amide bonds. The Labute approximate surface area is 99.2 Å². The molecule has 8 heteroatoms. The highest BCUT2D eigenvalue weighted by atomic mass is 32.2. The summed E-state index contributed by atoms with van der Waals surface area (Å²) in [6.45, 7) is 0.437. The summed E-state index contributed by atoms with van der Waals surface area (Å²) in [5.74, 6) is 0.0966. The number of rotatable bonds is 6. The molecule has 0 saturated heterocycles. The molecule has 0 fully saturated rings. The van der Waals surface area contributed by atoms with Crippen LogP contribution in [0.1, 0.15) is 22.7 Å². The first-order chi connectivity index (χ1) is 7.92. The summed E-state index contributed by atoms with van der Waals surface area (Å²) in [6.07, 6.45) is 0.259. The number of sulfonamides is 1. The van der Waals surface area contributed by atoms with E-state index in [1.165, 1.54) is 6.07 Å². The van der Waals surface area contributed by atoms with Crippen molar-refractivity contribution >= 4 is 15.9 Å². The molecule has 0 spiro atoms. The SMILES string of the molecule is NCc1ccc(C(=O)NCCCS(N)(=O)=O)o1. The van der Waals surface area contributed by atoms with E-state index in [1.807, 2.05) is 0 Å². The number of carbonyl (C=O) groups is 1. The molecule has 96 valence electrons. The highest BCUT2D eigenvalue weighted by molar-refractivity contribution is 7.89. The largest absolute Gasteiger partial charge is 0.455 e. The Balaban J connectivity index is 2.35. The van der Waals surface area contributed by atoms with Crippen LogP contribution < -0.4 is 16.2 Å². The molecule has 0 bridgehead atoms. The Hall–Kier alpha value is -1.38. The van der Waals surface area contributed by atoms with Crippen LogP contribution in [-0.2, 0) is 16.6 Å². The minimum absolute atomic E-state index is 0.154. The van der Waals surface area contributed by atoms with Crippen LogP contribution in [0, 0.1) is 0 Å². The van der Waals surface area contributed by atoms with Crippen LogP contribution >= 0.6 is 0 Å². The van der Waals surface area contributed by atoms with Crippen LogP contribution in [0.15, 0.2) is 16.5 Å². The van der Waals surface area contributed by atoms with Gasteiger partial charge in [0.15, 0.2) is 5.76 Å². The Morgan fingerprint density at radius 2 is 2.12 bits per heavy atom. The van der Waals surface area contributed by atoms with Gasteiger partial charge in [-0.3, -0.25) is 4.79 Å². The minimum atomic E-state index is -3.48. The standard InChI is InChI=1S/C9H15N3O4S/c10-6-7-2-3-8(16-7)9(13)12-4-1-5-17(11,14)15/h2-3H,1,4-6,10H2,(H,12,13)(H2,11,14,15). The molecular weight excluding hydrogens is 246 g/mol. The smallest absolute Gasteiger partial charge is 0.286 e. The quantitative estimate of drug-likeness (QED) is 0.574. The van der Waals surface area contributed by atoms with Crippen molar-refractivity contribution in [1.82, 2.24) is 5.32 Å². The van der Waals surface area contributed by atoms with E-state index in [4.69, 9.17) is 15.3 Å². The second-order valence-corrected chi connectivity index (χ2v) is 5.18. The first kappa shape index (κ1) is 13.7. The lowest BCUT2D eigenvalue weighted by Gasteiger charge is -2.02. The number of hydrogen-bond acceptors (Lipinski definition) is 5. The molecule has 5 N–H and O–H groups in total. The lowest BCUT2D eigenvalue weighted by atomic mass is 10.4.